The number of hydrogen-bond donors (Lipinski definition) is 1. The van der Waals surface area contributed by atoms with Crippen molar-refractivity contribution in [1.82, 2.24) is 14.8 Å². The number of rotatable bonds is 4. The molecule has 0 saturated carbocycles. The van der Waals surface area contributed by atoms with Gasteiger partial charge in [0.25, 0.3) is 11.7 Å². The summed E-state index contributed by atoms with van der Waals surface area (Å²) < 4.78 is 7.30. The van der Waals surface area contributed by atoms with E-state index in [0.29, 0.717) is 18.0 Å². The van der Waals surface area contributed by atoms with Gasteiger partial charge in [0.1, 0.15) is 11.5 Å². The van der Waals surface area contributed by atoms with Gasteiger partial charge in [-0.1, -0.05) is 0 Å². The Morgan fingerprint density at radius 2 is 1.96 bits per heavy atom. The largest absolute Gasteiger partial charge is 0.466 e. The van der Waals surface area contributed by atoms with Crippen LogP contribution in [0.1, 0.15) is 34.9 Å². The number of carbonyl (C=O) groups is 3. The van der Waals surface area contributed by atoms with E-state index < -0.39 is 11.7 Å². The number of nitrogens with zero attached hydrogens (tertiary/aromatic N) is 2. The highest BCUT2D eigenvalue weighted by molar-refractivity contribution is 6.42. The number of furan rings is 1. The number of amides is 2. The van der Waals surface area contributed by atoms with E-state index in [9.17, 15) is 14.4 Å². The minimum absolute atomic E-state index is 0.178. The van der Waals surface area contributed by atoms with Crippen LogP contribution in [-0.4, -0.2) is 46.2 Å². The summed E-state index contributed by atoms with van der Waals surface area (Å²) in [6.07, 6.45) is 1.72. The predicted octanol–water partition coefficient (Wildman–Crippen LogP) is 1.24. The normalized spacial score (nSPS) is 19.9. The molecule has 7 nitrogen and oxygen atoms in total. The first-order valence-electron chi connectivity index (χ1n) is 8.15. The Kier molecular flexibility index (Phi) is 4.48. The average molecular weight is 343 g/mol. The zero-order valence-corrected chi connectivity index (χ0v) is 14.5. The minimum Gasteiger partial charge on any atom is -0.466 e. The monoisotopic (exact) mass is 343 g/mol. The van der Waals surface area contributed by atoms with Gasteiger partial charge in [-0.2, -0.15) is 0 Å². The first-order valence-corrected chi connectivity index (χ1v) is 8.15. The van der Waals surface area contributed by atoms with Crippen LogP contribution < -0.4 is 5.32 Å². The molecule has 0 aromatic carbocycles. The molecule has 1 N–H and O–H groups in total. The Hall–Kier alpha value is -2.83. The Bertz CT molecular complexity index is 820. The standard InChI is InChI=1S/C18H21N3O4/c1-11-6-7-16(25-11)13-9-21(10-14(13)19-12(2)22)18(24)17(23)15-5-4-8-20(15)3/h4-8,13-14H,9-10H2,1-3H3,(H,19,22)/t13-,14-/m0/s1. The SMILES string of the molecule is CC(=O)N[C@H]1CN(C(=O)C(=O)c2cccn2C)C[C@@H]1c1ccc(C)o1. The third-order valence-electron chi connectivity index (χ3n) is 4.49. The Balaban J connectivity index is 1.81. The van der Waals surface area contributed by atoms with Gasteiger partial charge in [-0.15, -0.1) is 0 Å². The third kappa shape index (κ3) is 3.35. The molecule has 3 heterocycles. The van der Waals surface area contributed by atoms with Crippen molar-refractivity contribution in [3.8, 4) is 0 Å². The molecule has 0 spiro atoms. The maximum absolute atomic E-state index is 12.6. The molecule has 1 fully saturated rings. The number of aromatic nitrogens is 1. The molecule has 0 aliphatic carbocycles. The van der Waals surface area contributed by atoms with Crippen LogP contribution in [0.5, 0.6) is 0 Å². The number of hydrogen-bond acceptors (Lipinski definition) is 4. The Labute approximate surface area is 145 Å². The van der Waals surface area contributed by atoms with E-state index in [1.165, 1.54) is 11.8 Å². The lowest BCUT2D eigenvalue weighted by Gasteiger charge is -2.16. The number of aryl methyl sites for hydroxylation is 2. The molecule has 3 rings (SSSR count). The van der Waals surface area contributed by atoms with Crippen molar-refractivity contribution >= 4 is 17.6 Å². The molecule has 25 heavy (non-hydrogen) atoms. The molecule has 2 atom stereocenters. The van der Waals surface area contributed by atoms with Crippen LogP contribution in [0.4, 0.5) is 0 Å². The molecule has 2 aromatic heterocycles. The number of Topliss-reactive ketones (excluding diaryl/α,β-unsaturated/α-hetero) is 1. The maximum Gasteiger partial charge on any atom is 0.296 e. The second-order valence-corrected chi connectivity index (χ2v) is 6.41. The molecule has 0 bridgehead atoms. The molecular formula is C18H21N3O4. The maximum atomic E-state index is 12.6. The van der Waals surface area contributed by atoms with Crippen molar-refractivity contribution in [3.05, 3.63) is 47.7 Å². The van der Waals surface area contributed by atoms with Crippen molar-refractivity contribution in [2.24, 2.45) is 7.05 Å². The summed E-state index contributed by atoms with van der Waals surface area (Å²) in [5, 5.41) is 2.86. The van der Waals surface area contributed by atoms with E-state index in [4.69, 9.17) is 4.42 Å². The number of carbonyl (C=O) groups excluding carboxylic acids is 3. The fraction of sp³-hybridized carbons (Fsp3) is 0.389. The molecular weight excluding hydrogens is 322 g/mol. The van der Waals surface area contributed by atoms with Gasteiger partial charge in [0.2, 0.25) is 5.91 Å². The van der Waals surface area contributed by atoms with Crippen LogP contribution in [0.25, 0.3) is 0 Å². The lowest BCUT2D eigenvalue weighted by molar-refractivity contribution is -0.126. The van der Waals surface area contributed by atoms with E-state index in [0.717, 1.165) is 5.76 Å². The van der Waals surface area contributed by atoms with Gasteiger partial charge in [0.05, 0.1) is 17.7 Å². The smallest absolute Gasteiger partial charge is 0.296 e. The molecule has 1 saturated heterocycles. The van der Waals surface area contributed by atoms with E-state index in [2.05, 4.69) is 5.32 Å². The minimum atomic E-state index is -0.567. The van der Waals surface area contributed by atoms with Gasteiger partial charge in [0.15, 0.2) is 0 Å². The lowest BCUT2D eigenvalue weighted by Crippen LogP contribution is -2.40. The summed E-state index contributed by atoms with van der Waals surface area (Å²) in [6, 6.07) is 6.75. The molecule has 0 unspecified atom stereocenters. The number of likely N-dealkylation sites (tertiary alicyclic amines) is 1. The quantitative estimate of drug-likeness (QED) is 0.669. The zero-order chi connectivity index (χ0) is 18.1. The number of nitrogens with one attached hydrogen (secondary N) is 1. The average Bonchev–Trinajstić information content (AvgIpc) is 3.25. The van der Waals surface area contributed by atoms with E-state index in [1.807, 2.05) is 19.1 Å². The van der Waals surface area contributed by atoms with E-state index in [1.54, 1.807) is 29.9 Å². The molecule has 1 aliphatic heterocycles. The lowest BCUT2D eigenvalue weighted by atomic mass is 10.0. The Morgan fingerprint density at radius 3 is 2.52 bits per heavy atom. The molecule has 2 aromatic rings. The first kappa shape index (κ1) is 17.0. The summed E-state index contributed by atoms with van der Waals surface area (Å²) >= 11 is 0. The number of ketones is 1. The van der Waals surface area contributed by atoms with Gasteiger partial charge in [0, 0.05) is 33.3 Å². The highest BCUT2D eigenvalue weighted by Crippen LogP contribution is 2.29. The van der Waals surface area contributed by atoms with Gasteiger partial charge in [-0.25, -0.2) is 0 Å². The first-order chi connectivity index (χ1) is 11.9. The third-order valence-corrected chi connectivity index (χ3v) is 4.49. The predicted molar refractivity (Wildman–Crippen MR) is 90.1 cm³/mol. The summed E-state index contributed by atoms with van der Waals surface area (Å²) in [5.41, 5.74) is 0.346. The fourth-order valence-corrected chi connectivity index (χ4v) is 3.27. The highest BCUT2D eigenvalue weighted by Gasteiger charge is 2.40. The molecule has 7 heteroatoms. The molecule has 132 valence electrons. The molecule has 1 aliphatic rings. The van der Waals surface area contributed by atoms with Gasteiger partial charge in [-0.05, 0) is 31.2 Å². The van der Waals surface area contributed by atoms with Crippen molar-refractivity contribution in [2.45, 2.75) is 25.8 Å². The van der Waals surface area contributed by atoms with E-state index >= 15 is 0 Å². The fourth-order valence-electron chi connectivity index (χ4n) is 3.27. The summed E-state index contributed by atoms with van der Waals surface area (Å²) in [4.78, 5) is 38.1. The van der Waals surface area contributed by atoms with Crippen LogP contribution in [-0.2, 0) is 16.6 Å². The zero-order valence-electron chi connectivity index (χ0n) is 14.5. The second-order valence-electron chi connectivity index (χ2n) is 6.41. The summed E-state index contributed by atoms with van der Waals surface area (Å²) in [5.74, 6) is -0.00325. The molecule has 2 amide bonds. The summed E-state index contributed by atoms with van der Waals surface area (Å²) in [6.45, 7) is 3.88. The van der Waals surface area contributed by atoms with Crippen LogP contribution in [0.2, 0.25) is 0 Å². The Morgan fingerprint density at radius 1 is 1.20 bits per heavy atom. The van der Waals surface area contributed by atoms with Crippen molar-refractivity contribution in [1.29, 1.82) is 0 Å². The van der Waals surface area contributed by atoms with Crippen molar-refractivity contribution in [3.63, 3.8) is 0 Å². The van der Waals surface area contributed by atoms with Crippen LogP contribution >= 0.6 is 0 Å². The van der Waals surface area contributed by atoms with Crippen molar-refractivity contribution in [2.75, 3.05) is 13.1 Å². The van der Waals surface area contributed by atoms with Crippen LogP contribution in [0, 0.1) is 6.92 Å². The highest BCUT2D eigenvalue weighted by atomic mass is 16.3. The molecule has 0 radical (unpaired) electrons. The summed E-state index contributed by atoms with van der Waals surface area (Å²) in [7, 11) is 1.72. The topological polar surface area (TPSA) is 84.5 Å². The van der Waals surface area contributed by atoms with E-state index in [-0.39, 0.29) is 24.4 Å². The van der Waals surface area contributed by atoms with Crippen LogP contribution in [0.3, 0.4) is 0 Å². The van der Waals surface area contributed by atoms with Gasteiger partial charge >= 0.3 is 0 Å². The van der Waals surface area contributed by atoms with Crippen molar-refractivity contribution < 1.29 is 18.8 Å². The van der Waals surface area contributed by atoms with Gasteiger partial charge in [-0.3, -0.25) is 14.4 Å². The van der Waals surface area contributed by atoms with Crippen LogP contribution in [0.15, 0.2) is 34.9 Å². The second kappa shape index (κ2) is 6.58. The van der Waals surface area contributed by atoms with Gasteiger partial charge < -0.3 is 19.2 Å².